The van der Waals surface area contributed by atoms with Crippen molar-refractivity contribution in [3.8, 4) is 5.88 Å². The molecule has 0 spiro atoms. The number of para-hydroxylation sites is 1. The van der Waals surface area contributed by atoms with Crippen LogP contribution in [0.15, 0.2) is 59.5 Å². The number of aromatic nitrogens is 1. The molecule has 0 radical (unpaired) electrons. The van der Waals surface area contributed by atoms with Crippen molar-refractivity contribution in [2.75, 3.05) is 13.1 Å². The lowest BCUT2D eigenvalue weighted by Gasteiger charge is -2.20. The van der Waals surface area contributed by atoms with Gasteiger partial charge in [0, 0.05) is 18.0 Å². The fourth-order valence-corrected chi connectivity index (χ4v) is 5.85. The maximum Gasteiger partial charge on any atom is 0.243 e. The van der Waals surface area contributed by atoms with Crippen molar-refractivity contribution in [2.24, 2.45) is 0 Å². The first kappa shape index (κ1) is 18.6. The Kier molecular flexibility index (Phi) is 4.76. The summed E-state index contributed by atoms with van der Waals surface area (Å²) in [5.41, 5.74) is 3.35. The van der Waals surface area contributed by atoms with Crippen LogP contribution >= 0.6 is 0 Å². The van der Waals surface area contributed by atoms with E-state index in [2.05, 4.69) is 4.98 Å². The molecule has 0 saturated carbocycles. The van der Waals surface area contributed by atoms with Gasteiger partial charge in [-0.2, -0.15) is 4.31 Å². The molecule has 0 amide bonds. The minimum atomic E-state index is -3.50. The van der Waals surface area contributed by atoms with Gasteiger partial charge in [0.2, 0.25) is 15.9 Å². The van der Waals surface area contributed by atoms with Crippen molar-refractivity contribution >= 4 is 20.9 Å². The number of nitrogens with zero attached hydrogens (tertiary/aromatic N) is 2. The van der Waals surface area contributed by atoms with Crippen LogP contribution in [0.5, 0.6) is 5.88 Å². The molecule has 1 aliphatic carbocycles. The highest BCUT2D eigenvalue weighted by molar-refractivity contribution is 7.89. The van der Waals surface area contributed by atoms with Gasteiger partial charge >= 0.3 is 0 Å². The second-order valence-corrected chi connectivity index (χ2v) is 9.81. The third kappa shape index (κ3) is 3.63. The number of ether oxygens (including phenoxy) is 1. The van der Waals surface area contributed by atoms with Gasteiger partial charge in [0.1, 0.15) is 6.10 Å². The lowest BCUT2D eigenvalue weighted by Crippen LogP contribution is -2.31. The molecule has 1 atom stereocenters. The molecule has 6 heteroatoms. The van der Waals surface area contributed by atoms with Gasteiger partial charge in [0.05, 0.1) is 17.0 Å². The van der Waals surface area contributed by atoms with E-state index in [1.807, 2.05) is 48.5 Å². The van der Waals surface area contributed by atoms with Crippen LogP contribution in [-0.4, -0.2) is 36.9 Å². The van der Waals surface area contributed by atoms with Crippen molar-refractivity contribution in [1.29, 1.82) is 0 Å². The summed E-state index contributed by atoms with van der Waals surface area (Å²) in [4.78, 5) is 4.95. The van der Waals surface area contributed by atoms with E-state index in [4.69, 9.17) is 4.74 Å². The topological polar surface area (TPSA) is 59.5 Å². The molecule has 1 unspecified atom stereocenters. The van der Waals surface area contributed by atoms with E-state index in [0.29, 0.717) is 30.3 Å². The minimum Gasteiger partial charge on any atom is -0.473 e. The SMILES string of the molecule is O=S(=O)(c1ccc2c(c1)CCCC2)N1CCC(Oc2ccc3ccccc3n2)C1. The number of aryl methyl sites for hydroxylation is 2. The Balaban J connectivity index is 1.31. The van der Waals surface area contributed by atoms with E-state index in [1.165, 1.54) is 17.5 Å². The van der Waals surface area contributed by atoms with E-state index in [1.54, 1.807) is 10.4 Å². The van der Waals surface area contributed by atoms with Gasteiger partial charge in [-0.3, -0.25) is 0 Å². The Bertz CT molecular complexity index is 1160. The molecule has 0 bridgehead atoms. The first-order valence-electron chi connectivity index (χ1n) is 10.2. The highest BCUT2D eigenvalue weighted by Crippen LogP contribution is 2.28. The Hall–Kier alpha value is -2.44. The number of rotatable bonds is 4. The maximum atomic E-state index is 13.1. The summed E-state index contributed by atoms with van der Waals surface area (Å²) in [6, 6.07) is 17.3. The molecule has 3 aromatic rings. The van der Waals surface area contributed by atoms with Gasteiger partial charge in [-0.1, -0.05) is 24.3 Å². The zero-order valence-corrected chi connectivity index (χ0v) is 17.1. The van der Waals surface area contributed by atoms with Gasteiger partial charge in [0.25, 0.3) is 0 Å². The molecule has 2 heterocycles. The van der Waals surface area contributed by atoms with Crippen LogP contribution in [0.1, 0.15) is 30.4 Å². The molecule has 2 aromatic carbocycles. The summed E-state index contributed by atoms with van der Waals surface area (Å²) in [5.74, 6) is 0.543. The standard InChI is InChI=1S/C23H24N2O3S/c26-29(27,21-11-9-17-5-1-2-7-19(17)15-21)25-14-13-20(16-25)28-23-12-10-18-6-3-4-8-22(18)24-23/h3-4,6,8-12,15,20H,1-2,5,7,13-14,16H2. The number of hydrogen-bond acceptors (Lipinski definition) is 4. The molecular weight excluding hydrogens is 384 g/mol. The first-order chi connectivity index (χ1) is 14.1. The molecule has 5 rings (SSSR count). The van der Waals surface area contributed by atoms with Crippen molar-refractivity contribution in [1.82, 2.24) is 9.29 Å². The average Bonchev–Trinajstić information content (AvgIpc) is 3.22. The van der Waals surface area contributed by atoms with Crippen LogP contribution < -0.4 is 4.74 Å². The second-order valence-electron chi connectivity index (χ2n) is 7.87. The summed E-state index contributed by atoms with van der Waals surface area (Å²) in [7, 11) is -3.50. The minimum absolute atomic E-state index is 0.184. The quantitative estimate of drug-likeness (QED) is 0.656. The Morgan fingerprint density at radius 3 is 2.69 bits per heavy atom. The molecule has 1 aliphatic heterocycles. The van der Waals surface area contributed by atoms with E-state index in [9.17, 15) is 8.42 Å². The zero-order chi connectivity index (χ0) is 19.8. The predicted octanol–water partition coefficient (Wildman–Crippen LogP) is 3.96. The van der Waals surface area contributed by atoms with Gasteiger partial charge in [0.15, 0.2) is 0 Å². The fraction of sp³-hybridized carbons (Fsp3) is 0.348. The van der Waals surface area contributed by atoms with Crippen molar-refractivity contribution in [3.63, 3.8) is 0 Å². The van der Waals surface area contributed by atoms with Crippen LogP contribution in [-0.2, 0) is 22.9 Å². The molecule has 0 N–H and O–H groups in total. The number of fused-ring (bicyclic) bond motifs is 2. The van der Waals surface area contributed by atoms with Crippen molar-refractivity contribution in [2.45, 2.75) is 43.1 Å². The third-order valence-electron chi connectivity index (χ3n) is 5.93. The third-order valence-corrected chi connectivity index (χ3v) is 7.79. The molecule has 1 saturated heterocycles. The first-order valence-corrected chi connectivity index (χ1v) is 11.7. The normalized spacial score (nSPS) is 19.9. The lowest BCUT2D eigenvalue weighted by molar-refractivity contribution is 0.207. The van der Waals surface area contributed by atoms with Gasteiger partial charge < -0.3 is 4.74 Å². The predicted molar refractivity (Wildman–Crippen MR) is 113 cm³/mol. The summed E-state index contributed by atoms with van der Waals surface area (Å²) in [6.45, 7) is 0.825. The van der Waals surface area contributed by atoms with E-state index >= 15 is 0 Å². The van der Waals surface area contributed by atoms with Crippen LogP contribution in [0.4, 0.5) is 0 Å². The Labute approximate surface area is 171 Å². The Morgan fingerprint density at radius 1 is 0.966 bits per heavy atom. The summed E-state index contributed by atoms with van der Waals surface area (Å²) < 4.78 is 33.9. The molecule has 29 heavy (non-hydrogen) atoms. The summed E-state index contributed by atoms with van der Waals surface area (Å²) in [6.07, 6.45) is 4.82. The van der Waals surface area contributed by atoms with Gasteiger partial charge in [-0.25, -0.2) is 13.4 Å². The number of hydrogen-bond donors (Lipinski definition) is 0. The van der Waals surface area contributed by atoms with E-state index in [-0.39, 0.29) is 6.10 Å². The highest BCUT2D eigenvalue weighted by Gasteiger charge is 2.34. The van der Waals surface area contributed by atoms with Crippen LogP contribution in [0.2, 0.25) is 0 Å². The number of pyridine rings is 1. The fourth-order valence-electron chi connectivity index (χ4n) is 4.32. The number of sulfonamides is 1. The number of benzene rings is 2. The highest BCUT2D eigenvalue weighted by atomic mass is 32.2. The summed E-state index contributed by atoms with van der Waals surface area (Å²) in [5, 5.41) is 1.06. The second kappa shape index (κ2) is 7.43. The van der Waals surface area contributed by atoms with E-state index in [0.717, 1.165) is 30.2 Å². The largest absolute Gasteiger partial charge is 0.473 e. The molecule has 150 valence electrons. The molecule has 1 fully saturated rings. The van der Waals surface area contributed by atoms with E-state index < -0.39 is 10.0 Å². The molecule has 2 aliphatic rings. The van der Waals surface area contributed by atoms with Crippen LogP contribution in [0.25, 0.3) is 10.9 Å². The van der Waals surface area contributed by atoms with Gasteiger partial charge in [-0.15, -0.1) is 0 Å². The van der Waals surface area contributed by atoms with Crippen molar-refractivity contribution in [3.05, 3.63) is 65.7 Å². The maximum absolute atomic E-state index is 13.1. The van der Waals surface area contributed by atoms with Crippen LogP contribution in [0.3, 0.4) is 0 Å². The summed E-state index contributed by atoms with van der Waals surface area (Å²) >= 11 is 0. The smallest absolute Gasteiger partial charge is 0.243 e. The van der Waals surface area contributed by atoms with Crippen molar-refractivity contribution < 1.29 is 13.2 Å². The average molecular weight is 409 g/mol. The monoisotopic (exact) mass is 408 g/mol. The molecular formula is C23H24N2O3S. The zero-order valence-electron chi connectivity index (χ0n) is 16.3. The molecule has 1 aromatic heterocycles. The Morgan fingerprint density at radius 2 is 1.79 bits per heavy atom. The van der Waals surface area contributed by atoms with Crippen LogP contribution in [0, 0.1) is 0 Å². The lowest BCUT2D eigenvalue weighted by atomic mass is 9.92. The molecule has 5 nitrogen and oxygen atoms in total. The van der Waals surface area contributed by atoms with Gasteiger partial charge in [-0.05, 0) is 67.5 Å².